The highest BCUT2D eigenvalue weighted by Crippen LogP contribution is 2.22. The van der Waals surface area contributed by atoms with Crippen LogP contribution in [0.25, 0.3) is 0 Å². The third-order valence-electron chi connectivity index (χ3n) is 2.91. The third kappa shape index (κ3) is 3.59. The van der Waals surface area contributed by atoms with Gasteiger partial charge in [-0.3, -0.25) is 9.69 Å². The average molecular weight is 315 g/mol. The normalized spacial score (nSPS) is 17.2. The van der Waals surface area contributed by atoms with E-state index in [-0.39, 0.29) is 5.91 Å². The van der Waals surface area contributed by atoms with E-state index in [0.717, 1.165) is 10.4 Å². The monoisotopic (exact) mass is 315 g/mol. The maximum atomic E-state index is 12.0. The van der Waals surface area contributed by atoms with Gasteiger partial charge in [-0.1, -0.05) is 48.2 Å². The fourth-order valence-corrected chi connectivity index (χ4v) is 3.31. The van der Waals surface area contributed by atoms with Gasteiger partial charge in [-0.25, -0.2) is 0 Å². The molecule has 0 N–H and O–H groups in total. The number of nitrogens with zero attached hydrogens (tertiary/aromatic N) is 3. The number of carbonyl (C=O) groups is 1. The summed E-state index contributed by atoms with van der Waals surface area (Å²) in [6.45, 7) is 0.542. The lowest BCUT2D eigenvalue weighted by atomic mass is 10.2. The van der Waals surface area contributed by atoms with E-state index in [1.165, 1.54) is 11.8 Å². The molecule has 106 valence electrons. The first-order chi connectivity index (χ1) is 10.3. The number of thioether (sulfide) groups is 1. The molecule has 2 aromatic rings. The molecule has 1 saturated heterocycles. The molecule has 3 rings (SSSR count). The Morgan fingerprint density at radius 2 is 2.05 bits per heavy atom. The fourth-order valence-electron chi connectivity index (χ4n) is 1.89. The Morgan fingerprint density at radius 3 is 2.81 bits per heavy atom. The standard InChI is InChI=1S/C15H13N3OS2/c19-14-11-21-15(17-16-9-13-7-4-8-20-13)18(14)10-12-5-2-1-3-6-12/h1-9H,10-11H2/b16-9-,17-15+. The molecule has 21 heavy (non-hydrogen) atoms. The summed E-state index contributed by atoms with van der Waals surface area (Å²) in [6.07, 6.45) is 1.71. The lowest BCUT2D eigenvalue weighted by Crippen LogP contribution is -2.28. The summed E-state index contributed by atoms with van der Waals surface area (Å²) < 4.78 is 0. The highest BCUT2D eigenvalue weighted by atomic mass is 32.2. The lowest BCUT2D eigenvalue weighted by Gasteiger charge is -2.14. The molecule has 1 fully saturated rings. The predicted molar refractivity (Wildman–Crippen MR) is 88.8 cm³/mol. The highest BCUT2D eigenvalue weighted by Gasteiger charge is 2.28. The van der Waals surface area contributed by atoms with Gasteiger partial charge < -0.3 is 0 Å². The Kier molecular flexibility index (Phi) is 4.47. The zero-order valence-electron chi connectivity index (χ0n) is 11.2. The van der Waals surface area contributed by atoms with Gasteiger partial charge in [-0.2, -0.15) is 5.10 Å². The van der Waals surface area contributed by atoms with E-state index < -0.39 is 0 Å². The van der Waals surface area contributed by atoms with Gasteiger partial charge in [0.25, 0.3) is 0 Å². The van der Waals surface area contributed by atoms with Crippen molar-refractivity contribution in [2.45, 2.75) is 6.54 Å². The van der Waals surface area contributed by atoms with Crippen LogP contribution in [0.15, 0.2) is 58.0 Å². The Morgan fingerprint density at radius 1 is 1.19 bits per heavy atom. The Hall–Kier alpha value is -1.92. The number of benzene rings is 1. The molecule has 0 radical (unpaired) electrons. The maximum Gasteiger partial charge on any atom is 0.239 e. The van der Waals surface area contributed by atoms with E-state index in [0.29, 0.717) is 17.5 Å². The quantitative estimate of drug-likeness (QED) is 0.642. The van der Waals surface area contributed by atoms with Gasteiger partial charge in [0.05, 0.1) is 18.5 Å². The number of rotatable bonds is 4. The van der Waals surface area contributed by atoms with Crippen LogP contribution in [0.3, 0.4) is 0 Å². The van der Waals surface area contributed by atoms with Crippen molar-refractivity contribution in [3.63, 3.8) is 0 Å². The molecule has 1 amide bonds. The van der Waals surface area contributed by atoms with Gasteiger partial charge in [0.1, 0.15) is 0 Å². The minimum Gasteiger partial charge on any atom is -0.285 e. The molecule has 0 saturated carbocycles. The summed E-state index contributed by atoms with van der Waals surface area (Å²) >= 11 is 3.03. The Bertz CT molecular complexity index is 665. The van der Waals surface area contributed by atoms with Crippen LogP contribution in [0.4, 0.5) is 0 Å². The van der Waals surface area contributed by atoms with Crippen molar-refractivity contribution in [2.24, 2.45) is 10.2 Å². The van der Waals surface area contributed by atoms with Crippen molar-refractivity contribution < 1.29 is 4.79 Å². The minimum atomic E-state index is 0.0777. The van der Waals surface area contributed by atoms with E-state index in [1.54, 1.807) is 22.5 Å². The first-order valence-corrected chi connectivity index (χ1v) is 8.31. The van der Waals surface area contributed by atoms with Crippen LogP contribution in [0, 0.1) is 0 Å². The Labute approximate surface area is 131 Å². The highest BCUT2D eigenvalue weighted by molar-refractivity contribution is 8.15. The molecule has 1 aromatic heterocycles. The molecule has 0 bridgehead atoms. The molecule has 0 aliphatic carbocycles. The molecule has 0 unspecified atom stereocenters. The summed E-state index contributed by atoms with van der Waals surface area (Å²) in [4.78, 5) is 14.7. The zero-order chi connectivity index (χ0) is 14.5. The molecule has 2 heterocycles. The second kappa shape index (κ2) is 6.69. The Balaban J connectivity index is 1.73. The topological polar surface area (TPSA) is 45.0 Å². The van der Waals surface area contributed by atoms with Crippen molar-refractivity contribution >= 4 is 40.4 Å². The molecule has 0 spiro atoms. The van der Waals surface area contributed by atoms with Crippen molar-refractivity contribution in [1.29, 1.82) is 0 Å². The van der Waals surface area contributed by atoms with Crippen LogP contribution in [-0.4, -0.2) is 27.9 Å². The predicted octanol–water partition coefficient (Wildman–Crippen LogP) is 3.21. The van der Waals surface area contributed by atoms with Gasteiger partial charge in [0.2, 0.25) is 5.91 Å². The van der Waals surface area contributed by atoms with E-state index in [9.17, 15) is 4.79 Å². The molecular weight excluding hydrogens is 302 g/mol. The SMILES string of the molecule is O=C1CS/C(=N/N=C\c2cccs2)N1Cc1ccccc1. The number of hydrogen-bond donors (Lipinski definition) is 0. The second-order valence-corrected chi connectivity index (χ2v) is 6.32. The van der Waals surface area contributed by atoms with Gasteiger partial charge in [0, 0.05) is 4.88 Å². The van der Waals surface area contributed by atoms with Crippen LogP contribution in [0.1, 0.15) is 10.4 Å². The number of amidine groups is 1. The minimum absolute atomic E-state index is 0.0777. The smallest absolute Gasteiger partial charge is 0.239 e. The van der Waals surface area contributed by atoms with Gasteiger partial charge >= 0.3 is 0 Å². The van der Waals surface area contributed by atoms with E-state index in [2.05, 4.69) is 10.2 Å². The van der Waals surface area contributed by atoms with Crippen LogP contribution in [-0.2, 0) is 11.3 Å². The van der Waals surface area contributed by atoms with Crippen molar-refractivity contribution in [3.8, 4) is 0 Å². The summed E-state index contributed by atoms with van der Waals surface area (Å²) in [7, 11) is 0. The van der Waals surface area contributed by atoms with Gasteiger partial charge in [-0.05, 0) is 17.0 Å². The van der Waals surface area contributed by atoms with Crippen LogP contribution < -0.4 is 0 Å². The molecule has 4 nitrogen and oxygen atoms in total. The number of amides is 1. The van der Waals surface area contributed by atoms with Crippen LogP contribution in [0.2, 0.25) is 0 Å². The first-order valence-electron chi connectivity index (χ1n) is 6.44. The lowest BCUT2D eigenvalue weighted by molar-refractivity contribution is -0.124. The summed E-state index contributed by atoms with van der Waals surface area (Å²) in [5.74, 6) is 0.508. The molecule has 6 heteroatoms. The fraction of sp³-hybridized carbons (Fsp3) is 0.133. The van der Waals surface area contributed by atoms with Crippen molar-refractivity contribution in [2.75, 3.05) is 5.75 Å². The molecule has 1 aromatic carbocycles. The summed E-state index contributed by atoms with van der Waals surface area (Å²) in [5, 5.41) is 10.9. The average Bonchev–Trinajstić information content (AvgIpc) is 3.13. The summed E-state index contributed by atoms with van der Waals surface area (Å²) in [6, 6.07) is 13.8. The molecular formula is C15H13N3OS2. The van der Waals surface area contributed by atoms with Crippen molar-refractivity contribution in [1.82, 2.24) is 4.90 Å². The third-order valence-corrected chi connectivity index (χ3v) is 4.67. The number of hydrogen-bond acceptors (Lipinski definition) is 5. The zero-order valence-corrected chi connectivity index (χ0v) is 12.8. The largest absolute Gasteiger partial charge is 0.285 e. The number of thiophene rings is 1. The first kappa shape index (κ1) is 14.0. The van der Waals surface area contributed by atoms with Crippen LogP contribution >= 0.6 is 23.1 Å². The molecule has 1 aliphatic rings. The maximum absolute atomic E-state index is 12.0. The van der Waals surface area contributed by atoms with Crippen molar-refractivity contribution in [3.05, 3.63) is 58.3 Å². The molecule has 0 atom stereocenters. The van der Waals surface area contributed by atoms with Gasteiger partial charge in [-0.15, -0.1) is 16.4 Å². The van der Waals surface area contributed by atoms with Gasteiger partial charge in [0.15, 0.2) is 5.17 Å². The van der Waals surface area contributed by atoms with E-state index >= 15 is 0 Å². The molecule has 1 aliphatic heterocycles. The summed E-state index contributed by atoms with van der Waals surface area (Å²) in [5.41, 5.74) is 1.09. The van der Waals surface area contributed by atoms with E-state index in [1.807, 2.05) is 47.8 Å². The second-order valence-electron chi connectivity index (χ2n) is 4.40. The van der Waals surface area contributed by atoms with Crippen LogP contribution in [0.5, 0.6) is 0 Å². The number of carbonyl (C=O) groups excluding carboxylic acids is 1. The van der Waals surface area contributed by atoms with E-state index in [4.69, 9.17) is 0 Å².